The van der Waals surface area contributed by atoms with E-state index in [0.29, 0.717) is 17.5 Å². The Kier molecular flexibility index (Phi) is 5.27. The molecule has 6 heteroatoms. The second-order valence-corrected chi connectivity index (χ2v) is 4.84. The fourth-order valence-corrected chi connectivity index (χ4v) is 1.96. The average Bonchev–Trinajstić information content (AvgIpc) is 2.93. The van der Waals surface area contributed by atoms with Gasteiger partial charge in [-0.15, -0.1) is 0 Å². The van der Waals surface area contributed by atoms with Gasteiger partial charge < -0.3 is 14.6 Å². The van der Waals surface area contributed by atoms with Crippen LogP contribution in [0.3, 0.4) is 0 Å². The highest BCUT2D eigenvalue weighted by Gasteiger charge is 2.13. The van der Waals surface area contributed by atoms with Crippen LogP contribution < -0.4 is 10.1 Å². The lowest BCUT2D eigenvalue weighted by Crippen LogP contribution is -2.14. The molecule has 0 bridgehead atoms. The number of nitrogens with zero attached hydrogens (tertiary/aromatic N) is 2. The predicted octanol–water partition coefficient (Wildman–Crippen LogP) is 3.02. The molecule has 0 aliphatic heterocycles. The third-order valence-corrected chi connectivity index (χ3v) is 3.21. The number of hydrogen-bond acceptors (Lipinski definition) is 5. The van der Waals surface area contributed by atoms with E-state index in [1.165, 1.54) is 12.1 Å². The molecule has 0 fully saturated rings. The molecule has 1 heterocycles. The minimum atomic E-state index is -0.289. The largest absolute Gasteiger partial charge is 0.483 e. The second-order valence-electron chi connectivity index (χ2n) is 4.84. The van der Waals surface area contributed by atoms with E-state index >= 15 is 0 Å². The van der Waals surface area contributed by atoms with Gasteiger partial charge in [-0.05, 0) is 38.6 Å². The van der Waals surface area contributed by atoms with E-state index in [0.717, 1.165) is 18.4 Å². The Balaban J connectivity index is 2.08. The Hall–Kier alpha value is -1.95. The molecule has 0 saturated heterocycles. The van der Waals surface area contributed by atoms with Crippen molar-refractivity contribution in [3.05, 3.63) is 41.3 Å². The first kappa shape index (κ1) is 15.4. The third-order valence-electron chi connectivity index (χ3n) is 3.21. The van der Waals surface area contributed by atoms with Crippen molar-refractivity contribution >= 4 is 0 Å². The topological polar surface area (TPSA) is 60.2 Å². The van der Waals surface area contributed by atoms with Crippen LogP contribution in [0.4, 0.5) is 4.39 Å². The molecule has 5 nitrogen and oxygen atoms in total. The SMILES string of the molecule is CCCc1noc(COc2ccc(F)cc2C(C)NC)n1. The molecule has 0 radical (unpaired) electrons. The smallest absolute Gasteiger partial charge is 0.264 e. The Morgan fingerprint density at radius 3 is 2.95 bits per heavy atom. The highest BCUT2D eigenvalue weighted by atomic mass is 19.1. The molecule has 0 spiro atoms. The summed E-state index contributed by atoms with van der Waals surface area (Å²) < 4.78 is 24.2. The molecule has 1 unspecified atom stereocenters. The molecular formula is C15H20FN3O2. The van der Waals surface area contributed by atoms with Gasteiger partial charge in [0.25, 0.3) is 5.89 Å². The Labute approximate surface area is 123 Å². The van der Waals surface area contributed by atoms with Gasteiger partial charge in [-0.1, -0.05) is 12.1 Å². The van der Waals surface area contributed by atoms with Gasteiger partial charge in [0.05, 0.1) is 0 Å². The van der Waals surface area contributed by atoms with E-state index in [9.17, 15) is 4.39 Å². The number of ether oxygens (including phenoxy) is 1. The van der Waals surface area contributed by atoms with Crippen molar-refractivity contribution in [1.29, 1.82) is 0 Å². The van der Waals surface area contributed by atoms with E-state index in [1.54, 1.807) is 6.07 Å². The van der Waals surface area contributed by atoms with Crippen molar-refractivity contribution in [2.24, 2.45) is 0 Å². The molecule has 0 aliphatic carbocycles. The minimum Gasteiger partial charge on any atom is -0.483 e. The van der Waals surface area contributed by atoms with Gasteiger partial charge >= 0.3 is 0 Å². The molecule has 1 atom stereocenters. The van der Waals surface area contributed by atoms with Crippen molar-refractivity contribution in [2.45, 2.75) is 39.3 Å². The zero-order chi connectivity index (χ0) is 15.2. The first-order valence-corrected chi connectivity index (χ1v) is 7.05. The van der Waals surface area contributed by atoms with Crippen LogP contribution >= 0.6 is 0 Å². The van der Waals surface area contributed by atoms with Crippen LogP contribution in [-0.2, 0) is 13.0 Å². The van der Waals surface area contributed by atoms with Gasteiger partial charge in [0.2, 0.25) is 0 Å². The molecule has 2 rings (SSSR count). The fraction of sp³-hybridized carbons (Fsp3) is 0.467. The number of halogens is 1. The summed E-state index contributed by atoms with van der Waals surface area (Å²) in [6.07, 6.45) is 1.74. The lowest BCUT2D eigenvalue weighted by atomic mass is 10.1. The molecule has 0 saturated carbocycles. The van der Waals surface area contributed by atoms with Crippen molar-refractivity contribution in [2.75, 3.05) is 7.05 Å². The highest BCUT2D eigenvalue weighted by Crippen LogP contribution is 2.26. The summed E-state index contributed by atoms with van der Waals surface area (Å²) in [7, 11) is 1.81. The van der Waals surface area contributed by atoms with Crippen LogP contribution in [-0.4, -0.2) is 17.2 Å². The maximum Gasteiger partial charge on any atom is 0.264 e. The van der Waals surface area contributed by atoms with Gasteiger partial charge in [0.1, 0.15) is 11.6 Å². The van der Waals surface area contributed by atoms with Crippen LogP contribution in [0.2, 0.25) is 0 Å². The molecule has 114 valence electrons. The average molecular weight is 293 g/mol. The lowest BCUT2D eigenvalue weighted by Gasteiger charge is -2.15. The molecule has 2 aromatic rings. The molecule has 1 aromatic heterocycles. The fourth-order valence-electron chi connectivity index (χ4n) is 1.96. The summed E-state index contributed by atoms with van der Waals surface area (Å²) in [6, 6.07) is 4.43. The van der Waals surface area contributed by atoms with Gasteiger partial charge in [0, 0.05) is 18.0 Å². The third kappa shape index (κ3) is 4.01. The maximum atomic E-state index is 13.4. The quantitative estimate of drug-likeness (QED) is 0.850. The highest BCUT2D eigenvalue weighted by molar-refractivity contribution is 5.36. The molecule has 0 aliphatic rings. The molecule has 1 N–H and O–H groups in total. The molecular weight excluding hydrogens is 273 g/mol. The minimum absolute atomic E-state index is 0.0194. The van der Waals surface area contributed by atoms with Crippen LogP contribution in [0.1, 0.15) is 43.6 Å². The first-order valence-electron chi connectivity index (χ1n) is 7.05. The van der Waals surface area contributed by atoms with Crippen molar-refractivity contribution < 1.29 is 13.7 Å². The van der Waals surface area contributed by atoms with Gasteiger partial charge in [-0.2, -0.15) is 4.98 Å². The van der Waals surface area contributed by atoms with Crippen LogP contribution in [0.25, 0.3) is 0 Å². The molecule has 0 amide bonds. The number of nitrogens with one attached hydrogen (secondary N) is 1. The van der Waals surface area contributed by atoms with E-state index in [-0.39, 0.29) is 18.5 Å². The number of aromatic nitrogens is 2. The van der Waals surface area contributed by atoms with E-state index < -0.39 is 0 Å². The van der Waals surface area contributed by atoms with Crippen molar-refractivity contribution in [3.8, 4) is 5.75 Å². The maximum absolute atomic E-state index is 13.4. The normalized spacial score (nSPS) is 12.4. The summed E-state index contributed by atoms with van der Waals surface area (Å²) in [5.41, 5.74) is 0.755. The standard InChI is InChI=1S/C15H20FN3O2/c1-4-5-14-18-15(21-19-14)9-20-13-7-6-11(16)8-12(13)10(2)17-3/h6-8,10,17H,4-5,9H2,1-3H3. The Morgan fingerprint density at radius 1 is 1.43 bits per heavy atom. The first-order chi connectivity index (χ1) is 10.1. The van der Waals surface area contributed by atoms with Crippen molar-refractivity contribution in [1.82, 2.24) is 15.5 Å². The van der Waals surface area contributed by atoms with Gasteiger partial charge in [-0.3, -0.25) is 0 Å². The van der Waals surface area contributed by atoms with E-state index in [4.69, 9.17) is 9.26 Å². The predicted molar refractivity (Wildman–Crippen MR) is 76.5 cm³/mol. The zero-order valence-corrected chi connectivity index (χ0v) is 12.5. The molecule has 1 aromatic carbocycles. The summed E-state index contributed by atoms with van der Waals surface area (Å²) >= 11 is 0. The van der Waals surface area contributed by atoms with Crippen LogP contribution in [0.5, 0.6) is 5.75 Å². The number of aryl methyl sites for hydroxylation is 1. The Morgan fingerprint density at radius 2 is 2.24 bits per heavy atom. The lowest BCUT2D eigenvalue weighted by molar-refractivity contribution is 0.239. The number of benzene rings is 1. The Bertz CT molecular complexity index is 586. The van der Waals surface area contributed by atoms with Crippen LogP contribution in [0.15, 0.2) is 22.7 Å². The van der Waals surface area contributed by atoms with Crippen LogP contribution in [0, 0.1) is 5.82 Å². The van der Waals surface area contributed by atoms with Gasteiger partial charge in [-0.25, -0.2) is 4.39 Å². The molecule has 21 heavy (non-hydrogen) atoms. The van der Waals surface area contributed by atoms with Gasteiger partial charge in [0.15, 0.2) is 12.4 Å². The van der Waals surface area contributed by atoms with E-state index in [1.807, 2.05) is 14.0 Å². The number of hydrogen-bond donors (Lipinski definition) is 1. The monoisotopic (exact) mass is 293 g/mol. The summed E-state index contributed by atoms with van der Waals surface area (Å²) in [5.74, 6) is 1.42. The summed E-state index contributed by atoms with van der Waals surface area (Å²) in [6.45, 7) is 4.16. The zero-order valence-electron chi connectivity index (χ0n) is 12.5. The summed E-state index contributed by atoms with van der Waals surface area (Å²) in [5, 5.41) is 6.94. The van der Waals surface area contributed by atoms with E-state index in [2.05, 4.69) is 22.4 Å². The second kappa shape index (κ2) is 7.17. The number of rotatable bonds is 7. The van der Waals surface area contributed by atoms with Crippen molar-refractivity contribution in [3.63, 3.8) is 0 Å². The summed E-state index contributed by atoms with van der Waals surface area (Å²) in [4.78, 5) is 4.23.